The van der Waals surface area contributed by atoms with E-state index < -0.39 is 0 Å². The topological polar surface area (TPSA) is 21.3 Å². The zero-order valence-electron chi connectivity index (χ0n) is 14.7. The average Bonchev–Trinajstić information content (AvgIpc) is 2.73. The van der Waals surface area contributed by atoms with Crippen molar-refractivity contribution in [2.45, 2.75) is 36.6 Å². The molecule has 1 saturated heterocycles. The van der Waals surface area contributed by atoms with Crippen LogP contribution in [0.15, 0.2) is 91.0 Å². The zero-order chi connectivity index (χ0) is 17.3. The summed E-state index contributed by atoms with van der Waals surface area (Å²) in [6.07, 6.45) is 12.7. The summed E-state index contributed by atoms with van der Waals surface area (Å²) in [6.45, 7) is 0. The highest BCUT2D eigenvalue weighted by molar-refractivity contribution is 5.75. The molecule has 2 aliphatic carbocycles. The van der Waals surface area contributed by atoms with Gasteiger partial charge in [-0.2, -0.15) is 0 Å². The summed E-state index contributed by atoms with van der Waals surface area (Å²) in [5.74, 6) is 0.438. The quantitative estimate of drug-likeness (QED) is 0.813. The summed E-state index contributed by atoms with van der Waals surface area (Å²) in [7, 11) is 0. The molecule has 0 radical (unpaired) electrons. The van der Waals surface area contributed by atoms with Crippen LogP contribution in [0.2, 0.25) is 0 Å². The van der Waals surface area contributed by atoms with Crippen LogP contribution in [0.3, 0.4) is 0 Å². The minimum Gasteiger partial charge on any atom is -0.367 e. The number of hydrogen-bond acceptors (Lipinski definition) is 2. The van der Waals surface area contributed by atoms with E-state index in [0.29, 0.717) is 12.0 Å². The molecule has 5 atom stereocenters. The number of fused-ring (bicyclic) bond motifs is 2. The van der Waals surface area contributed by atoms with Crippen molar-refractivity contribution in [3.8, 4) is 0 Å². The maximum Gasteiger partial charge on any atom is 0.0958 e. The van der Waals surface area contributed by atoms with Gasteiger partial charge in [0.1, 0.15) is 0 Å². The summed E-state index contributed by atoms with van der Waals surface area (Å²) < 4.78 is 6.56. The van der Waals surface area contributed by atoms with Gasteiger partial charge in [0.15, 0.2) is 0 Å². The van der Waals surface area contributed by atoms with E-state index in [-0.39, 0.29) is 18.2 Å². The Labute approximate surface area is 154 Å². The lowest BCUT2D eigenvalue weighted by Crippen LogP contribution is -2.58. The van der Waals surface area contributed by atoms with E-state index in [9.17, 15) is 0 Å². The molecule has 0 aromatic heterocycles. The number of ether oxygens (including phenoxy) is 1. The lowest BCUT2D eigenvalue weighted by atomic mass is 9.83. The standard InChI is InChI=1S/C24H23NO/c1-3-7-17(8-4-1)19-11-13-21-23(15-19)26-24-16-20(12-14-22(24)25-21)18-9-5-2-6-10-18/h1-15,20-25H,16H2. The smallest absolute Gasteiger partial charge is 0.0958 e. The zero-order valence-corrected chi connectivity index (χ0v) is 14.7. The summed E-state index contributed by atoms with van der Waals surface area (Å²) >= 11 is 0. The minimum atomic E-state index is 0.0966. The van der Waals surface area contributed by atoms with Crippen molar-refractivity contribution in [1.29, 1.82) is 0 Å². The molecule has 5 unspecified atom stereocenters. The van der Waals surface area contributed by atoms with Crippen LogP contribution in [0, 0.1) is 0 Å². The number of morpholine rings is 1. The van der Waals surface area contributed by atoms with Crippen LogP contribution in [0.5, 0.6) is 0 Å². The van der Waals surface area contributed by atoms with Crippen molar-refractivity contribution >= 4 is 5.57 Å². The van der Waals surface area contributed by atoms with Crippen LogP contribution in [0.1, 0.15) is 23.5 Å². The summed E-state index contributed by atoms with van der Waals surface area (Å²) in [5, 5.41) is 3.76. The molecule has 3 aliphatic rings. The van der Waals surface area contributed by atoms with Gasteiger partial charge in [0.05, 0.1) is 24.3 Å². The molecule has 0 bridgehead atoms. The van der Waals surface area contributed by atoms with Crippen LogP contribution in [-0.2, 0) is 4.74 Å². The molecule has 1 fully saturated rings. The summed E-state index contributed by atoms with van der Waals surface area (Å²) in [5.41, 5.74) is 3.87. The Morgan fingerprint density at radius 2 is 1.58 bits per heavy atom. The molecule has 0 amide bonds. The average molecular weight is 341 g/mol. The molecule has 2 heteroatoms. The number of nitrogens with one attached hydrogen (secondary N) is 1. The number of rotatable bonds is 2. The van der Waals surface area contributed by atoms with Gasteiger partial charge in [-0.05, 0) is 29.2 Å². The van der Waals surface area contributed by atoms with Crippen LogP contribution in [0.4, 0.5) is 0 Å². The van der Waals surface area contributed by atoms with E-state index in [2.05, 4.69) is 96.4 Å². The summed E-state index contributed by atoms with van der Waals surface area (Å²) in [6, 6.07) is 21.8. The third-order valence-corrected chi connectivity index (χ3v) is 5.67. The molecule has 5 rings (SSSR count). The Kier molecular flexibility index (Phi) is 4.08. The van der Waals surface area contributed by atoms with Crippen molar-refractivity contribution in [3.63, 3.8) is 0 Å². The number of benzene rings is 2. The maximum atomic E-state index is 6.56. The Morgan fingerprint density at radius 3 is 2.38 bits per heavy atom. The highest BCUT2D eigenvalue weighted by Gasteiger charge is 2.38. The van der Waals surface area contributed by atoms with Crippen molar-refractivity contribution in [2.75, 3.05) is 0 Å². The lowest BCUT2D eigenvalue weighted by Gasteiger charge is -2.44. The van der Waals surface area contributed by atoms with Crippen LogP contribution >= 0.6 is 0 Å². The van der Waals surface area contributed by atoms with Gasteiger partial charge in [-0.3, -0.25) is 5.32 Å². The normalized spacial score (nSPS) is 32.5. The van der Waals surface area contributed by atoms with Gasteiger partial charge in [-0.15, -0.1) is 0 Å². The fraction of sp³-hybridized carbons (Fsp3) is 0.250. The van der Waals surface area contributed by atoms with Gasteiger partial charge in [-0.25, -0.2) is 0 Å². The Bertz CT molecular complexity index is 852. The molecular weight excluding hydrogens is 318 g/mol. The predicted molar refractivity (Wildman–Crippen MR) is 106 cm³/mol. The SMILES string of the molecule is C1=CC2NC3C=CC(c4ccccc4)CC3OC2C=C1c1ccccc1. The number of hydrogen-bond donors (Lipinski definition) is 1. The molecule has 1 N–H and O–H groups in total. The van der Waals surface area contributed by atoms with Crippen LogP contribution in [0.25, 0.3) is 5.57 Å². The van der Waals surface area contributed by atoms with Crippen LogP contribution < -0.4 is 5.32 Å². The maximum absolute atomic E-state index is 6.56. The Balaban J connectivity index is 1.37. The highest BCUT2D eigenvalue weighted by atomic mass is 16.5. The monoisotopic (exact) mass is 341 g/mol. The second kappa shape index (κ2) is 6.71. The molecule has 0 spiro atoms. The van der Waals surface area contributed by atoms with E-state index >= 15 is 0 Å². The molecular formula is C24H23NO. The van der Waals surface area contributed by atoms with Gasteiger partial charge in [0.2, 0.25) is 0 Å². The third kappa shape index (κ3) is 2.96. The summed E-state index contributed by atoms with van der Waals surface area (Å²) in [4.78, 5) is 0. The first-order valence-corrected chi connectivity index (χ1v) is 9.47. The second-order valence-corrected chi connectivity index (χ2v) is 7.34. The van der Waals surface area contributed by atoms with Crippen molar-refractivity contribution in [3.05, 3.63) is 102 Å². The van der Waals surface area contributed by atoms with Crippen molar-refractivity contribution in [1.82, 2.24) is 5.32 Å². The molecule has 1 heterocycles. The fourth-order valence-electron chi connectivity index (χ4n) is 4.28. The van der Waals surface area contributed by atoms with E-state index in [1.165, 1.54) is 16.7 Å². The van der Waals surface area contributed by atoms with Gasteiger partial charge >= 0.3 is 0 Å². The molecule has 130 valence electrons. The van der Waals surface area contributed by atoms with E-state index in [1.54, 1.807) is 0 Å². The highest BCUT2D eigenvalue weighted by Crippen LogP contribution is 2.35. The van der Waals surface area contributed by atoms with Gasteiger partial charge in [0, 0.05) is 5.92 Å². The Hall–Kier alpha value is -2.42. The second-order valence-electron chi connectivity index (χ2n) is 7.34. The molecule has 2 aromatic carbocycles. The van der Waals surface area contributed by atoms with E-state index in [4.69, 9.17) is 4.74 Å². The fourth-order valence-corrected chi connectivity index (χ4v) is 4.28. The first-order chi connectivity index (χ1) is 12.9. The van der Waals surface area contributed by atoms with Crippen molar-refractivity contribution < 1.29 is 4.74 Å². The molecule has 1 aliphatic heterocycles. The first-order valence-electron chi connectivity index (χ1n) is 9.47. The minimum absolute atomic E-state index is 0.0966. The first kappa shape index (κ1) is 15.8. The third-order valence-electron chi connectivity index (χ3n) is 5.67. The van der Waals surface area contributed by atoms with Crippen molar-refractivity contribution in [2.24, 2.45) is 0 Å². The molecule has 26 heavy (non-hydrogen) atoms. The number of allylic oxidation sites excluding steroid dienone is 3. The molecule has 2 aromatic rings. The van der Waals surface area contributed by atoms with Crippen LogP contribution in [-0.4, -0.2) is 24.3 Å². The Morgan fingerprint density at radius 1 is 0.808 bits per heavy atom. The lowest BCUT2D eigenvalue weighted by molar-refractivity contribution is -0.0536. The molecule has 0 saturated carbocycles. The largest absolute Gasteiger partial charge is 0.367 e. The van der Waals surface area contributed by atoms with Gasteiger partial charge in [0.25, 0.3) is 0 Å². The van der Waals surface area contributed by atoms with Gasteiger partial charge in [-0.1, -0.05) is 85.0 Å². The predicted octanol–water partition coefficient (Wildman–Crippen LogP) is 4.48. The van der Waals surface area contributed by atoms with E-state index in [0.717, 1.165) is 6.42 Å². The van der Waals surface area contributed by atoms with Gasteiger partial charge < -0.3 is 4.74 Å². The molecule has 2 nitrogen and oxygen atoms in total. The van der Waals surface area contributed by atoms with E-state index in [1.807, 2.05) is 0 Å².